The van der Waals surface area contributed by atoms with Crippen molar-refractivity contribution in [3.05, 3.63) is 78.2 Å². The van der Waals surface area contributed by atoms with Crippen molar-refractivity contribution in [2.24, 2.45) is 0 Å². The lowest BCUT2D eigenvalue weighted by Gasteiger charge is -2.14. The molecule has 3 N–H and O–H groups in total. The van der Waals surface area contributed by atoms with Gasteiger partial charge in [-0.1, -0.05) is 54.6 Å². The van der Waals surface area contributed by atoms with Crippen molar-refractivity contribution in [3.63, 3.8) is 0 Å². The smallest absolute Gasteiger partial charge is 0.273 e. The van der Waals surface area contributed by atoms with Gasteiger partial charge in [-0.2, -0.15) is 0 Å². The fraction of sp³-hybridized carbons (Fsp3) is 0.150. The molecular formula is C20H20N4O. The molecule has 2 aromatic carbocycles. The van der Waals surface area contributed by atoms with Crippen LogP contribution in [0.3, 0.4) is 0 Å². The predicted octanol–water partition coefficient (Wildman–Crippen LogP) is 3.09. The van der Waals surface area contributed by atoms with Crippen LogP contribution >= 0.6 is 0 Å². The normalized spacial score (nSPS) is 11.7. The molecule has 0 saturated carbocycles. The van der Waals surface area contributed by atoms with Gasteiger partial charge in [-0.15, -0.1) is 0 Å². The number of carbonyl (C=O) groups excluding carboxylic acids is 1. The Balaban J connectivity index is 1.62. The van der Waals surface area contributed by atoms with Gasteiger partial charge in [-0.25, -0.2) is 9.97 Å². The van der Waals surface area contributed by atoms with E-state index in [4.69, 9.17) is 5.73 Å². The summed E-state index contributed by atoms with van der Waals surface area (Å²) in [6.07, 6.45) is 3.64. The molecule has 0 bridgehead atoms. The number of anilines is 1. The number of hydrogen-bond acceptors (Lipinski definition) is 4. The summed E-state index contributed by atoms with van der Waals surface area (Å²) in [6.45, 7) is 1.95. The van der Waals surface area contributed by atoms with Crippen LogP contribution in [0.15, 0.2) is 67.0 Å². The second kappa shape index (κ2) is 7.57. The molecule has 3 aromatic rings. The minimum Gasteiger partial charge on any atom is -0.382 e. The highest BCUT2D eigenvalue weighted by atomic mass is 16.2. The summed E-state index contributed by atoms with van der Waals surface area (Å²) in [7, 11) is 0. The molecule has 0 radical (unpaired) electrons. The van der Waals surface area contributed by atoms with E-state index in [1.54, 1.807) is 0 Å². The molecule has 0 saturated heterocycles. The number of aromatic nitrogens is 2. The summed E-state index contributed by atoms with van der Waals surface area (Å²) in [5.41, 5.74) is 9.36. The number of nitrogen functional groups attached to an aromatic ring is 1. The number of amides is 1. The Bertz CT molecular complexity index is 847. The Morgan fingerprint density at radius 2 is 1.64 bits per heavy atom. The summed E-state index contributed by atoms with van der Waals surface area (Å²) in [5, 5.41) is 2.91. The van der Waals surface area contributed by atoms with Gasteiger partial charge < -0.3 is 11.1 Å². The molecule has 126 valence electrons. The minimum atomic E-state index is -0.306. The van der Waals surface area contributed by atoms with Crippen LogP contribution in [-0.2, 0) is 6.42 Å². The zero-order chi connectivity index (χ0) is 17.6. The number of rotatable bonds is 5. The van der Waals surface area contributed by atoms with E-state index in [2.05, 4.69) is 51.7 Å². The van der Waals surface area contributed by atoms with Gasteiger partial charge in [0.2, 0.25) is 0 Å². The van der Waals surface area contributed by atoms with Crippen molar-refractivity contribution in [1.82, 2.24) is 15.3 Å². The van der Waals surface area contributed by atoms with Crippen molar-refractivity contribution in [2.75, 3.05) is 5.73 Å². The standard InChI is InChI=1S/C20H20N4O/c1-14(24-20(25)18-19(21)23-12-11-22-18)13-15-7-9-17(10-8-15)16-5-3-2-4-6-16/h2-12,14H,13H2,1H3,(H2,21,23)(H,24,25). The van der Waals surface area contributed by atoms with E-state index in [1.165, 1.54) is 23.5 Å². The first-order valence-corrected chi connectivity index (χ1v) is 8.15. The molecule has 0 spiro atoms. The zero-order valence-corrected chi connectivity index (χ0v) is 14.0. The maximum absolute atomic E-state index is 12.2. The SMILES string of the molecule is CC(Cc1ccc(-c2ccccc2)cc1)NC(=O)c1nccnc1N. The van der Waals surface area contributed by atoms with Gasteiger partial charge >= 0.3 is 0 Å². The fourth-order valence-electron chi connectivity index (χ4n) is 2.68. The summed E-state index contributed by atoms with van der Waals surface area (Å²) >= 11 is 0. The van der Waals surface area contributed by atoms with E-state index in [0.717, 1.165) is 12.0 Å². The van der Waals surface area contributed by atoms with Crippen molar-refractivity contribution >= 4 is 11.7 Å². The first-order chi connectivity index (χ1) is 12.1. The largest absolute Gasteiger partial charge is 0.382 e. The van der Waals surface area contributed by atoms with Crippen LogP contribution in [0.25, 0.3) is 11.1 Å². The maximum Gasteiger partial charge on any atom is 0.273 e. The van der Waals surface area contributed by atoms with Crippen LogP contribution in [0.2, 0.25) is 0 Å². The molecule has 5 nitrogen and oxygen atoms in total. The van der Waals surface area contributed by atoms with E-state index in [1.807, 2.05) is 25.1 Å². The highest BCUT2D eigenvalue weighted by Crippen LogP contribution is 2.19. The van der Waals surface area contributed by atoms with Crippen LogP contribution in [0.5, 0.6) is 0 Å². The molecule has 1 atom stereocenters. The number of hydrogen-bond donors (Lipinski definition) is 2. The van der Waals surface area contributed by atoms with E-state index >= 15 is 0 Å². The van der Waals surface area contributed by atoms with Gasteiger partial charge in [0.05, 0.1) is 0 Å². The third-order valence-electron chi connectivity index (χ3n) is 3.92. The number of nitrogens with one attached hydrogen (secondary N) is 1. The summed E-state index contributed by atoms with van der Waals surface area (Å²) in [4.78, 5) is 20.1. The minimum absolute atomic E-state index is 0.0449. The molecule has 3 rings (SSSR count). The van der Waals surface area contributed by atoms with E-state index < -0.39 is 0 Å². The average molecular weight is 332 g/mol. The molecule has 0 fully saturated rings. The predicted molar refractivity (Wildman–Crippen MR) is 99.0 cm³/mol. The van der Waals surface area contributed by atoms with Gasteiger partial charge in [0.15, 0.2) is 11.5 Å². The van der Waals surface area contributed by atoms with Crippen molar-refractivity contribution in [3.8, 4) is 11.1 Å². The Hall–Kier alpha value is -3.21. The topological polar surface area (TPSA) is 80.9 Å². The second-order valence-electron chi connectivity index (χ2n) is 5.93. The summed E-state index contributed by atoms with van der Waals surface area (Å²) < 4.78 is 0. The van der Waals surface area contributed by atoms with E-state index in [9.17, 15) is 4.79 Å². The molecule has 25 heavy (non-hydrogen) atoms. The van der Waals surface area contributed by atoms with Gasteiger partial charge in [0.25, 0.3) is 5.91 Å². The highest BCUT2D eigenvalue weighted by molar-refractivity contribution is 5.96. The molecule has 1 amide bonds. The Kier molecular flexibility index (Phi) is 5.04. The van der Waals surface area contributed by atoms with Crippen molar-refractivity contribution in [2.45, 2.75) is 19.4 Å². The molecule has 0 aliphatic rings. The van der Waals surface area contributed by atoms with Crippen LogP contribution < -0.4 is 11.1 Å². The molecule has 1 heterocycles. The van der Waals surface area contributed by atoms with Gasteiger partial charge in [0.1, 0.15) is 0 Å². The number of nitrogens with zero attached hydrogens (tertiary/aromatic N) is 2. The Morgan fingerprint density at radius 1 is 1.00 bits per heavy atom. The lowest BCUT2D eigenvalue weighted by atomic mass is 10.0. The van der Waals surface area contributed by atoms with Crippen LogP contribution in [0.4, 0.5) is 5.82 Å². The van der Waals surface area contributed by atoms with Gasteiger partial charge in [0, 0.05) is 18.4 Å². The van der Waals surface area contributed by atoms with E-state index in [-0.39, 0.29) is 23.5 Å². The number of carbonyl (C=O) groups is 1. The third-order valence-corrected chi connectivity index (χ3v) is 3.92. The number of nitrogens with two attached hydrogens (primary N) is 1. The van der Waals surface area contributed by atoms with Crippen LogP contribution in [0.1, 0.15) is 23.0 Å². The average Bonchev–Trinajstić information content (AvgIpc) is 2.63. The van der Waals surface area contributed by atoms with Gasteiger partial charge in [-0.05, 0) is 30.0 Å². The summed E-state index contributed by atoms with van der Waals surface area (Å²) in [5.74, 6) is -0.168. The molecule has 1 aromatic heterocycles. The number of benzene rings is 2. The van der Waals surface area contributed by atoms with Crippen molar-refractivity contribution in [1.29, 1.82) is 0 Å². The van der Waals surface area contributed by atoms with Crippen LogP contribution in [0, 0.1) is 0 Å². The quantitative estimate of drug-likeness (QED) is 0.752. The lowest BCUT2D eigenvalue weighted by Crippen LogP contribution is -2.35. The highest BCUT2D eigenvalue weighted by Gasteiger charge is 2.14. The Morgan fingerprint density at radius 3 is 2.32 bits per heavy atom. The fourth-order valence-corrected chi connectivity index (χ4v) is 2.68. The maximum atomic E-state index is 12.2. The Labute approximate surface area is 146 Å². The molecule has 5 heteroatoms. The monoisotopic (exact) mass is 332 g/mol. The molecular weight excluding hydrogens is 312 g/mol. The molecule has 0 aliphatic heterocycles. The first kappa shape index (κ1) is 16.6. The first-order valence-electron chi connectivity index (χ1n) is 8.15. The second-order valence-corrected chi connectivity index (χ2v) is 5.93. The molecule has 0 aliphatic carbocycles. The van der Waals surface area contributed by atoms with Crippen LogP contribution in [-0.4, -0.2) is 21.9 Å². The lowest BCUT2D eigenvalue weighted by molar-refractivity contribution is 0.0935. The third kappa shape index (κ3) is 4.20. The summed E-state index contributed by atoms with van der Waals surface area (Å²) in [6, 6.07) is 18.6. The zero-order valence-electron chi connectivity index (χ0n) is 14.0. The van der Waals surface area contributed by atoms with Crippen molar-refractivity contribution < 1.29 is 4.79 Å². The van der Waals surface area contributed by atoms with Gasteiger partial charge in [-0.3, -0.25) is 4.79 Å². The molecule has 1 unspecified atom stereocenters. The van der Waals surface area contributed by atoms with E-state index in [0.29, 0.717) is 0 Å².